The lowest BCUT2D eigenvalue weighted by Gasteiger charge is -2.26. The van der Waals surface area contributed by atoms with Gasteiger partial charge in [-0.1, -0.05) is 0 Å². The minimum absolute atomic E-state index is 0.0532. The second-order valence-electron chi connectivity index (χ2n) is 5.88. The molecule has 0 amide bonds. The Labute approximate surface area is 126 Å². The molecule has 0 aromatic carbocycles. The van der Waals surface area contributed by atoms with E-state index in [2.05, 4.69) is 36.0 Å². The molecule has 0 unspecified atom stereocenters. The molecule has 1 aliphatic heterocycles. The van der Waals surface area contributed by atoms with Gasteiger partial charge in [-0.15, -0.1) is 0 Å². The zero-order valence-corrected chi connectivity index (χ0v) is 13.1. The fourth-order valence-corrected chi connectivity index (χ4v) is 3.36. The number of aromatic nitrogens is 2. The highest BCUT2D eigenvalue weighted by molar-refractivity contribution is 5.29. The van der Waals surface area contributed by atoms with Crippen LogP contribution in [0.15, 0.2) is 0 Å². The second kappa shape index (κ2) is 6.74. The molecular weight excluding hydrogens is 262 g/mol. The van der Waals surface area contributed by atoms with Crippen molar-refractivity contribution >= 4 is 0 Å². The number of likely N-dealkylation sites (tertiary alicyclic amines) is 1. The number of hydrogen-bond donors (Lipinski definition) is 0. The summed E-state index contributed by atoms with van der Waals surface area (Å²) in [7, 11) is 1.98. The molecule has 5 heteroatoms. The van der Waals surface area contributed by atoms with E-state index in [0.29, 0.717) is 18.9 Å². The topological polar surface area (TPSA) is 68.6 Å². The van der Waals surface area contributed by atoms with Crippen LogP contribution in [0.3, 0.4) is 0 Å². The van der Waals surface area contributed by atoms with E-state index in [1.54, 1.807) is 0 Å². The summed E-state index contributed by atoms with van der Waals surface area (Å²) in [6, 6.07) is 4.87. The van der Waals surface area contributed by atoms with Crippen molar-refractivity contribution in [2.24, 2.45) is 13.0 Å². The normalized spacial score (nSPS) is 20.1. The van der Waals surface area contributed by atoms with Gasteiger partial charge in [-0.3, -0.25) is 9.58 Å². The molecule has 21 heavy (non-hydrogen) atoms. The van der Waals surface area contributed by atoms with Crippen molar-refractivity contribution in [3.8, 4) is 12.1 Å². The molecule has 5 nitrogen and oxygen atoms in total. The zero-order valence-electron chi connectivity index (χ0n) is 13.1. The van der Waals surface area contributed by atoms with Gasteiger partial charge in [-0.25, -0.2) is 0 Å². The molecule has 1 aromatic heterocycles. The van der Waals surface area contributed by atoms with E-state index >= 15 is 0 Å². The maximum Gasteiger partial charge on any atom is 0.0669 e. The van der Waals surface area contributed by atoms with Crippen molar-refractivity contribution < 1.29 is 0 Å². The molecule has 1 saturated heterocycles. The Morgan fingerprint density at radius 2 is 2.14 bits per heavy atom. The minimum Gasteiger partial charge on any atom is -0.295 e. The smallest absolute Gasteiger partial charge is 0.0669 e. The SMILES string of the molecule is Cc1nn(C)c(C)c1[C@@H]1CCCN1C[C@H](C#N)CCC#N. The predicted octanol–water partition coefficient (Wildman–Crippen LogP) is 2.62. The third-order valence-electron chi connectivity index (χ3n) is 4.50. The summed E-state index contributed by atoms with van der Waals surface area (Å²) in [5.74, 6) is -0.0532. The standard InChI is InChI=1S/C16H23N5/c1-12-16(13(2)20(3)19-12)15-7-5-9-21(15)11-14(10-18)6-4-8-17/h14-15H,4-7,9,11H2,1-3H3/t14-,15-/m0/s1. The average Bonchev–Trinajstić information content (AvgIpc) is 3.00. The van der Waals surface area contributed by atoms with E-state index in [4.69, 9.17) is 5.26 Å². The largest absolute Gasteiger partial charge is 0.295 e. The third-order valence-corrected chi connectivity index (χ3v) is 4.50. The highest BCUT2D eigenvalue weighted by atomic mass is 15.3. The van der Waals surface area contributed by atoms with Crippen LogP contribution in [-0.2, 0) is 7.05 Å². The number of nitriles is 2. The van der Waals surface area contributed by atoms with Crippen LogP contribution in [0.25, 0.3) is 0 Å². The van der Waals surface area contributed by atoms with Gasteiger partial charge >= 0.3 is 0 Å². The van der Waals surface area contributed by atoms with Gasteiger partial charge in [-0.2, -0.15) is 15.6 Å². The van der Waals surface area contributed by atoms with E-state index in [1.807, 2.05) is 11.7 Å². The molecule has 0 bridgehead atoms. The molecule has 0 aliphatic carbocycles. The van der Waals surface area contributed by atoms with Gasteiger partial charge in [0.25, 0.3) is 0 Å². The van der Waals surface area contributed by atoms with Gasteiger partial charge < -0.3 is 0 Å². The summed E-state index contributed by atoms with van der Waals surface area (Å²) < 4.78 is 1.94. The molecular formula is C16H23N5. The molecule has 1 aliphatic rings. The minimum atomic E-state index is -0.0532. The van der Waals surface area contributed by atoms with Crippen LogP contribution in [0.1, 0.15) is 48.7 Å². The predicted molar refractivity (Wildman–Crippen MR) is 80.2 cm³/mol. The van der Waals surface area contributed by atoms with Crippen molar-refractivity contribution in [1.82, 2.24) is 14.7 Å². The number of nitrogens with zero attached hydrogens (tertiary/aromatic N) is 5. The first-order valence-electron chi connectivity index (χ1n) is 7.59. The summed E-state index contributed by atoms with van der Waals surface area (Å²) in [4.78, 5) is 2.41. The van der Waals surface area contributed by atoms with Gasteiger partial charge in [0.2, 0.25) is 0 Å². The molecule has 0 spiro atoms. The first-order valence-corrected chi connectivity index (χ1v) is 7.59. The third kappa shape index (κ3) is 3.25. The molecule has 1 fully saturated rings. The highest BCUT2D eigenvalue weighted by Crippen LogP contribution is 2.36. The maximum atomic E-state index is 9.28. The summed E-state index contributed by atoms with van der Waals surface area (Å²) >= 11 is 0. The molecule has 0 radical (unpaired) electrons. The van der Waals surface area contributed by atoms with Crippen LogP contribution < -0.4 is 0 Å². The van der Waals surface area contributed by atoms with E-state index in [-0.39, 0.29) is 5.92 Å². The van der Waals surface area contributed by atoms with Gasteiger partial charge in [0, 0.05) is 37.3 Å². The van der Waals surface area contributed by atoms with Crippen LogP contribution in [0, 0.1) is 42.4 Å². The number of hydrogen-bond acceptors (Lipinski definition) is 4. The molecule has 0 N–H and O–H groups in total. The van der Waals surface area contributed by atoms with Crippen molar-refractivity contribution in [2.75, 3.05) is 13.1 Å². The molecule has 2 rings (SSSR count). The monoisotopic (exact) mass is 285 g/mol. The van der Waals surface area contributed by atoms with Gasteiger partial charge in [0.05, 0.1) is 23.8 Å². The number of aryl methyl sites for hydroxylation is 2. The van der Waals surface area contributed by atoms with Gasteiger partial charge in [0.1, 0.15) is 0 Å². The lowest BCUT2D eigenvalue weighted by molar-refractivity contribution is 0.229. The van der Waals surface area contributed by atoms with Crippen LogP contribution in [0.5, 0.6) is 0 Å². The molecule has 112 valence electrons. The fourth-order valence-electron chi connectivity index (χ4n) is 3.36. The van der Waals surface area contributed by atoms with E-state index < -0.39 is 0 Å². The second-order valence-corrected chi connectivity index (χ2v) is 5.88. The van der Waals surface area contributed by atoms with Crippen LogP contribution in [0.4, 0.5) is 0 Å². The van der Waals surface area contributed by atoms with Crippen molar-refractivity contribution in [3.63, 3.8) is 0 Å². The Hall–Kier alpha value is -1.85. The zero-order chi connectivity index (χ0) is 15.4. The van der Waals surface area contributed by atoms with Gasteiger partial charge in [-0.05, 0) is 39.7 Å². The van der Waals surface area contributed by atoms with Crippen molar-refractivity contribution in [2.45, 2.75) is 45.6 Å². The Kier molecular flexibility index (Phi) is 4.98. The van der Waals surface area contributed by atoms with E-state index in [0.717, 1.165) is 31.6 Å². The van der Waals surface area contributed by atoms with Crippen LogP contribution >= 0.6 is 0 Å². The Balaban J connectivity index is 2.14. The van der Waals surface area contributed by atoms with Crippen molar-refractivity contribution in [1.29, 1.82) is 10.5 Å². The summed E-state index contributed by atoms with van der Waals surface area (Å²) in [6.07, 6.45) is 3.42. The van der Waals surface area contributed by atoms with Crippen LogP contribution in [-0.4, -0.2) is 27.8 Å². The highest BCUT2D eigenvalue weighted by Gasteiger charge is 2.31. The Morgan fingerprint density at radius 3 is 2.71 bits per heavy atom. The molecule has 0 saturated carbocycles. The average molecular weight is 285 g/mol. The first-order chi connectivity index (χ1) is 10.1. The summed E-state index contributed by atoms with van der Waals surface area (Å²) in [5, 5.41) is 22.5. The van der Waals surface area contributed by atoms with E-state index in [1.165, 1.54) is 11.3 Å². The summed E-state index contributed by atoms with van der Waals surface area (Å²) in [5.41, 5.74) is 3.64. The Bertz CT molecular complexity index is 575. The Morgan fingerprint density at radius 1 is 1.38 bits per heavy atom. The lowest BCUT2D eigenvalue weighted by atomic mass is 10.00. The fraction of sp³-hybridized carbons (Fsp3) is 0.688. The molecule has 2 atom stereocenters. The van der Waals surface area contributed by atoms with Crippen LogP contribution in [0.2, 0.25) is 0 Å². The molecule has 1 aromatic rings. The lowest BCUT2D eigenvalue weighted by Crippen LogP contribution is -2.29. The molecule has 2 heterocycles. The first kappa shape index (κ1) is 15.5. The van der Waals surface area contributed by atoms with Gasteiger partial charge in [0.15, 0.2) is 0 Å². The van der Waals surface area contributed by atoms with Crippen molar-refractivity contribution in [3.05, 3.63) is 17.0 Å². The summed E-state index contributed by atoms with van der Waals surface area (Å²) in [6.45, 7) is 5.97. The quantitative estimate of drug-likeness (QED) is 0.834. The maximum absolute atomic E-state index is 9.28. The number of rotatable bonds is 5. The van der Waals surface area contributed by atoms with E-state index in [9.17, 15) is 5.26 Å².